The largest absolute Gasteiger partial charge is 0.462 e. The zero-order valence-corrected chi connectivity index (χ0v) is 16.8. The van der Waals surface area contributed by atoms with Gasteiger partial charge in [0.25, 0.3) is 0 Å². The van der Waals surface area contributed by atoms with Gasteiger partial charge in [-0.1, -0.05) is 55.2 Å². The Labute approximate surface area is 166 Å². The van der Waals surface area contributed by atoms with Crippen molar-refractivity contribution in [3.05, 3.63) is 35.9 Å². The fourth-order valence-electron chi connectivity index (χ4n) is 3.96. The van der Waals surface area contributed by atoms with Gasteiger partial charge in [0.1, 0.15) is 0 Å². The molecule has 0 radical (unpaired) electrons. The Bertz CT molecular complexity index is 867. The maximum atomic E-state index is 6.40. The Hall–Kier alpha value is -2.63. The van der Waals surface area contributed by atoms with Crippen LogP contribution in [0.25, 0.3) is 11.3 Å². The number of aromatic nitrogens is 3. The number of hydrogen-bond acceptors (Lipinski definition) is 6. The lowest BCUT2D eigenvalue weighted by atomic mass is 9.80. The summed E-state index contributed by atoms with van der Waals surface area (Å²) in [7, 11) is 0. The van der Waals surface area contributed by atoms with Crippen LogP contribution in [0.15, 0.2) is 35.9 Å². The maximum absolute atomic E-state index is 6.40. The predicted molar refractivity (Wildman–Crippen MR) is 109 cm³/mol. The molecular formula is C22H28N4O2. The second kappa shape index (κ2) is 8.17. The first-order valence-corrected chi connectivity index (χ1v) is 10.2. The van der Waals surface area contributed by atoms with Crippen molar-refractivity contribution in [1.82, 2.24) is 15.2 Å². The molecule has 0 amide bonds. The van der Waals surface area contributed by atoms with E-state index in [2.05, 4.69) is 53.4 Å². The van der Waals surface area contributed by atoms with Crippen molar-refractivity contribution in [3.63, 3.8) is 0 Å². The predicted octanol–water partition coefficient (Wildman–Crippen LogP) is 4.84. The Balaban J connectivity index is 1.68. The van der Waals surface area contributed by atoms with Gasteiger partial charge in [0.15, 0.2) is 11.9 Å². The molecule has 2 aliphatic rings. The number of unbranched alkanes of at least 4 members (excludes halogenated alkanes) is 1. The van der Waals surface area contributed by atoms with Gasteiger partial charge in [0, 0.05) is 17.2 Å². The number of benzene rings is 1. The second-order valence-electron chi connectivity index (χ2n) is 7.81. The van der Waals surface area contributed by atoms with E-state index in [-0.39, 0.29) is 12.2 Å². The lowest BCUT2D eigenvalue weighted by molar-refractivity contribution is 0.114. The van der Waals surface area contributed by atoms with E-state index >= 15 is 0 Å². The summed E-state index contributed by atoms with van der Waals surface area (Å²) in [6.07, 6.45) is 6.24. The minimum absolute atomic E-state index is 0.179. The minimum atomic E-state index is -0.179. The summed E-state index contributed by atoms with van der Waals surface area (Å²) in [4.78, 5) is 4.56. The van der Waals surface area contributed by atoms with Gasteiger partial charge in [-0.15, -0.1) is 5.10 Å². The van der Waals surface area contributed by atoms with Gasteiger partial charge in [-0.25, -0.2) is 0 Å². The molecule has 0 saturated carbocycles. The van der Waals surface area contributed by atoms with Crippen LogP contribution in [0.4, 0.5) is 5.69 Å². The van der Waals surface area contributed by atoms with Gasteiger partial charge in [-0.05, 0) is 38.2 Å². The lowest BCUT2D eigenvalue weighted by Gasteiger charge is -2.34. The molecular weight excluding hydrogens is 352 g/mol. The van der Waals surface area contributed by atoms with Gasteiger partial charge in [-0.2, -0.15) is 4.98 Å². The number of rotatable bonds is 5. The fraction of sp³-hybridized carbons (Fsp3) is 0.500. The monoisotopic (exact) mass is 380 g/mol. The third-order valence-corrected chi connectivity index (χ3v) is 5.59. The molecule has 6 nitrogen and oxygen atoms in total. The molecule has 2 heterocycles. The van der Waals surface area contributed by atoms with Gasteiger partial charge >= 0.3 is 6.01 Å². The van der Waals surface area contributed by atoms with E-state index in [1.807, 2.05) is 18.2 Å². The average molecular weight is 380 g/mol. The number of nitrogens with one attached hydrogen (secondary N) is 1. The third-order valence-electron chi connectivity index (χ3n) is 5.59. The maximum Gasteiger partial charge on any atom is 0.339 e. The van der Waals surface area contributed by atoms with E-state index < -0.39 is 0 Å². The van der Waals surface area contributed by atoms with Crippen LogP contribution in [0.3, 0.4) is 0 Å². The van der Waals surface area contributed by atoms with Crippen molar-refractivity contribution in [2.75, 3.05) is 11.9 Å². The van der Waals surface area contributed by atoms with Gasteiger partial charge in [0.2, 0.25) is 5.88 Å². The Morgan fingerprint density at radius 2 is 2.11 bits per heavy atom. The zero-order valence-electron chi connectivity index (χ0n) is 16.8. The molecule has 1 aliphatic carbocycles. The highest BCUT2D eigenvalue weighted by molar-refractivity contribution is 5.79. The Morgan fingerprint density at radius 1 is 1.25 bits per heavy atom. The van der Waals surface area contributed by atoms with Crippen LogP contribution in [0.2, 0.25) is 0 Å². The standard InChI is InChI=1S/C22H28N4O2/c1-4-5-12-27-22-24-21-19(25-26-22)17-8-6-7-9-18(17)23-20(28-21)16-11-10-14(2)13-15(16)3/h6-10,15-16,20,23H,4-5,11-13H2,1-3H3. The van der Waals surface area contributed by atoms with E-state index in [1.165, 1.54) is 5.57 Å². The smallest absolute Gasteiger partial charge is 0.339 e. The number of anilines is 1. The summed E-state index contributed by atoms with van der Waals surface area (Å²) in [6, 6.07) is 8.37. The van der Waals surface area contributed by atoms with E-state index in [1.54, 1.807) is 0 Å². The van der Waals surface area contributed by atoms with Crippen LogP contribution in [-0.4, -0.2) is 28.0 Å². The summed E-state index contributed by atoms with van der Waals surface area (Å²) in [5, 5.41) is 12.2. The van der Waals surface area contributed by atoms with Crippen LogP contribution >= 0.6 is 0 Å². The molecule has 28 heavy (non-hydrogen) atoms. The molecule has 2 aromatic rings. The summed E-state index contributed by atoms with van der Waals surface area (Å²) >= 11 is 0. The van der Waals surface area contributed by atoms with Crippen molar-refractivity contribution in [3.8, 4) is 23.1 Å². The molecule has 4 rings (SSSR count). The van der Waals surface area contributed by atoms with E-state index in [4.69, 9.17) is 9.47 Å². The molecule has 1 aromatic carbocycles. The Morgan fingerprint density at radius 3 is 2.93 bits per heavy atom. The van der Waals surface area contributed by atoms with E-state index in [9.17, 15) is 0 Å². The molecule has 0 fully saturated rings. The van der Waals surface area contributed by atoms with Gasteiger partial charge in [-0.3, -0.25) is 0 Å². The van der Waals surface area contributed by atoms with Crippen LogP contribution in [-0.2, 0) is 0 Å². The first kappa shape index (κ1) is 18.7. The molecule has 0 spiro atoms. The molecule has 3 unspecified atom stereocenters. The van der Waals surface area contributed by atoms with E-state index in [0.717, 1.165) is 36.9 Å². The van der Waals surface area contributed by atoms with Crippen molar-refractivity contribution < 1.29 is 9.47 Å². The van der Waals surface area contributed by atoms with Crippen LogP contribution in [0, 0.1) is 11.8 Å². The molecule has 6 heteroatoms. The fourth-order valence-corrected chi connectivity index (χ4v) is 3.96. The number of para-hydroxylation sites is 1. The van der Waals surface area contributed by atoms with Crippen LogP contribution in [0.1, 0.15) is 46.5 Å². The SMILES string of the molecule is CCCCOc1nnc2c(n1)OC(C1CC=C(C)CC1C)Nc1ccccc1-2. The number of ether oxygens (including phenoxy) is 2. The summed E-state index contributed by atoms with van der Waals surface area (Å²) in [5.41, 5.74) is 4.06. The van der Waals surface area contributed by atoms with Crippen molar-refractivity contribution >= 4 is 5.69 Å². The highest BCUT2D eigenvalue weighted by Gasteiger charge is 2.34. The normalized spacial score (nSPS) is 23.4. The third kappa shape index (κ3) is 3.81. The minimum Gasteiger partial charge on any atom is -0.462 e. The number of hydrogen-bond donors (Lipinski definition) is 1. The molecule has 1 N–H and O–H groups in total. The highest BCUT2D eigenvalue weighted by atomic mass is 16.5. The van der Waals surface area contributed by atoms with Gasteiger partial charge < -0.3 is 14.8 Å². The summed E-state index contributed by atoms with van der Waals surface area (Å²) in [6.45, 7) is 7.20. The second-order valence-corrected chi connectivity index (χ2v) is 7.81. The summed E-state index contributed by atoms with van der Waals surface area (Å²) < 4.78 is 12.1. The quantitative estimate of drug-likeness (QED) is 0.591. The number of nitrogens with zero attached hydrogens (tertiary/aromatic N) is 3. The van der Waals surface area contributed by atoms with Gasteiger partial charge in [0.05, 0.1) is 6.61 Å². The van der Waals surface area contributed by atoms with Crippen molar-refractivity contribution in [1.29, 1.82) is 0 Å². The highest BCUT2D eigenvalue weighted by Crippen LogP contribution is 2.40. The first-order chi connectivity index (χ1) is 13.7. The summed E-state index contributed by atoms with van der Waals surface area (Å²) in [5.74, 6) is 1.36. The zero-order chi connectivity index (χ0) is 19.5. The molecule has 148 valence electrons. The molecule has 0 bridgehead atoms. The van der Waals surface area contributed by atoms with Crippen LogP contribution < -0.4 is 14.8 Å². The molecule has 1 aliphatic heterocycles. The molecule has 0 saturated heterocycles. The lowest BCUT2D eigenvalue weighted by Crippen LogP contribution is -2.39. The molecule has 1 aromatic heterocycles. The topological polar surface area (TPSA) is 69.2 Å². The van der Waals surface area contributed by atoms with Crippen molar-refractivity contribution in [2.45, 2.75) is 52.7 Å². The molecule has 3 atom stereocenters. The Kier molecular flexibility index (Phi) is 5.46. The van der Waals surface area contributed by atoms with E-state index in [0.29, 0.717) is 30.0 Å². The van der Waals surface area contributed by atoms with Crippen LogP contribution in [0.5, 0.6) is 11.9 Å². The number of fused-ring (bicyclic) bond motifs is 3. The number of allylic oxidation sites excluding steroid dienone is 2. The van der Waals surface area contributed by atoms with Crippen molar-refractivity contribution in [2.24, 2.45) is 11.8 Å². The average Bonchev–Trinajstić information content (AvgIpc) is 2.84. The first-order valence-electron chi connectivity index (χ1n) is 10.2.